The number of hydrogen-bond donors (Lipinski definition) is 2. The van der Waals surface area contributed by atoms with Crippen molar-refractivity contribution in [2.24, 2.45) is 5.92 Å². The van der Waals surface area contributed by atoms with Crippen LogP contribution in [-0.4, -0.2) is 33.4 Å². The van der Waals surface area contributed by atoms with Crippen molar-refractivity contribution in [3.8, 4) is 0 Å². The maximum atomic E-state index is 12.4. The first-order chi connectivity index (χ1) is 10.1. The lowest BCUT2D eigenvalue weighted by molar-refractivity contribution is -0.125. The van der Waals surface area contributed by atoms with Crippen molar-refractivity contribution in [3.63, 3.8) is 0 Å². The van der Waals surface area contributed by atoms with Gasteiger partial charge >= 0.3 is 0 Å². The monoisotopic (exact) mass is 307 g/mol. The fourth-order valence-corrected chi connectivity index (χ4v) is 4.37. The topological polar surface area (TPSA) is 57.8 Å². The van der Waals surface area contributed by atoms with Crippen LogP contribution in [-0.2, 0) is 17.6 Å². The number of carbonyl (C=O) groups is 1. The Kier molecular flexibility index (Phi) is 4.57. The van der Waals surface area contributed by atoms with Gasteiger partial charge in [-0.2, -0.15) is 11.8 Å². The van der Waals surface area contributed by atoms with Crippen molar-refractivity contribution in [1.29, 1.82) is 0 Å². The number of carbonyl (C=O) groups excluding carboxylic acids is 1. The first-order valence-electron chi connectivity index (χ1n) is 8.10. The van der Waals surface area contributed by atoms with Crippen molar-refractivity contribution >= 4 is 17.7 Å². The largest absolute Gasteiger partial charge is 0.355 e. The highest BCUT2D eigenvalue weighted by molar-refractivity contribution is 8.00. The maximum Gasteiger partial charge on any atom is 0.223 e. The first-order valence-corrected chi connectivity index (χ1v) is 9.15. The Bertz CT molecular complexity index is 506. The van der Waals surface area contributed by atoms with E-state index in [4.69, 9.17) is 0 Å². The summed E-state index contributed by atoms with van der Waals surface area (Å²) in [4.78, 5) is 20.4. The molecule has 0 radical (unpaired) electrons. The number of aromatic nitrogens is 2. The number of nitrogens with one attached hydrogen (secondary N) is 2. The summed E-state index contributed by atoms with van der Waals surface area (Å²) < 4.78 is 0. The minimum atomic E-state index is 0.115. The van der Waals surface area contributed by atoms with Gasteiger partial charge < -0.3 is 10.3 Å². The molecule has 116 valence electrons. The molecule has 5 heteroatoms. The van der Waals surface area contributed by atoms with Gasteiger partial charge in [-0.05, 0) is 31.4 Å². The van der Waals surface area contributed by atoms with Gasteiger partial charge in [0.2, 0.25) is 5.91 Å². The predicted octanol–water partition coefficient (Wildman–Crippen LogP) is 2.65. The zero-order valence-corrected chi connectivity index (χ0v) is 13.8. The molecule has 2 N–H and O–H groups in total. The lowest BCUT2D eigenvalue weighted by Crippen LogP contribution is -2.37. The molecule has 2 aliphatic rings. The number of amides is 1. The minimum Gasteiger partial charge on any atom is -0.355 e. The molecule has 1 fully saturated rings. The number of nitrogens with zero attached hydrogens (tertiary/aromatic N) is 1. The third-order valence-electron chi connectivity index (χ3n) is 4.51. The number of fused-ring (bicyclic) bond motifs is 1. The molecule has 4 nitrogen and oxygen atoms in total. The Balaban J connectivity index is 1.56. The number of aromatic amines is 1. The van der Waals surface area contributed by atoms with Crippen molar-refractivity contribution in [2.45, 2.75) is 57.1 Å². The lowest BCUT2D eigenvalue weighted by Gasteiger charge is -2.21. The SMILES string of the molecule is CC(C)c1nc2c([nH]1)C[C@@H](C(=O)NC[C@@H]1CCCS1)CC2. The van der Waals surface area contributed by atoms with Gasteiger partial charge in [-0.3, -0.25) is 4.79 Å². The third-order valence-corrected chi connectivity index (χ3v) is 5.91. The fraction of sp³-hybridized carbons (Fsp3) is 0.750. The second-order valence-electron chi connectivity index (χ2n) is 6.52. The molecule has 0 saturated carbocycles. The molecule has 0 aromatic carbocycles. The van der Waals surface area contributed by atoms with Crippen LogP contribution >= 0.6 is 11.8 Å². The zero-order valence-electron chi connectivity index (χ0n) is 12.9. The van der Waals surface area contributed by atoms with E-state index in [-0.39, 0.29) is 11.8 Å². The molecule has 2 atom stereocenters. The summed E-state index contributed by atoms with van der Waals surface area (Å²) in [5, 5.41) is 3.79. The van der Waals surface area contributed by atoms with Gasteiger partial charge in [0.1, 0.15) is 5.82 Å². The van der Waals surface area contributed by atoms with E-state index in [2.05, 4.69) is 29.1 Å². The molecule has 1 aliphatic heterocycles. The summed E-state index contributed by atoms with van der Waals surface area (Å²) >= 11 is 2.00. The maximum absolute atomic E-state index is 12.4. The van der Waals surface area contributed by atoms with Crippen LogP contribution in [0.2, 0.25) is 0 Å². The fourth-order valence-electron chi connectivity index (χ4n) is 3.16. The van der Waals surface area contributed by atoms with Gasteiger partial charge in [-0.1, -0.05) is 13.8 Å². The lowest BCUT2D eigenvalue weighted by atomic mass is 9.89. The van der Waals surface area contributed by atoms with Crippen LogP contribution in [0.4, 0.5) is 0 Å². The summed E-state index contributed by atoms with van der Waals surface area (Å²) in [6, 6.07) is 0. The minimum absolute atomic E-state index is 0.115. The summed E-state index contributed by atoms with van der Waals surface area (Å²) in [7, 11) is 0. The van der Waals surface area contributed by atoms with E-state index < -0.39 is 0 Å². The van der Waals surface area contributed by atoms with E-state index in [0.717, 1.165) is 31.6 Å². The highest BCUT2D eigenvalue weighted by Gasteiger charge is 2.28. The molecule has 1 aliphatic carbocycles. The Morgan fingerprint density at radius 2 is 2.33 bits per heavy atom. The van der Waals surface area contributed by atoms with Crippen LogP contribution in [0.1, 0.15) is 56.2 Å². The zero-order chi connectivity index (χ0) is 14.8. The van der Waals surface area contributed by atoms with Crippen LogP contribution in [0.5, 0.6) is 0 Å². The average molecular weight is 307 g/mol. The highest BCUT2D eigenvalue weighted by atomic mass is 32.2. The highest BCUT2D eigenvalue weighted by Crippen LogP contribution is 2.27. The van der Waals surface area contributed by atoms with Crippen molar-refractivity contribution in [3.05, 3.63) is 17.2 Å². The first kappa shape index (κ1) is 14.9. The Labute approximate surface area is 130 Å². The summed E-state index contributed by atoms with van der Waals surface area (Å²) in [5.74, 6) is 3.07. The van der Waals surface area contributed by atoms with E-state index in [0.29, 0.717) is 11.2 Å². The summed E-state index contributed by atoms with van der Waals surface area (Å²) in [5.41, 5.74) is 2.36. The van der Waals surface area contributed by atoms with Crippen molar-refractivity contribution in [1.82, 2.24) is 15.3 Å². The number of H-pyrrole nitrogens is 1. The van der Waals surface area contributed by atoms with Gasteiger partial charge in [0.25, 0.3) is 0 Å². The standard InChI is InChI=1S/C16H25N3OS/c1-10(2)15-18-13-6-5-11(8-14(13)19-15)16(20)17-9-12-4-3-7-21-12/h10-12H,3-9H2,1-2H3,(H,17,20)(H,18,19)/t11-,12-/m0/s1. The van der Waals surface area contributed by atoms with Gasteiger partial charge in [0, 0.05) is 35.7 Å². The number of hydrogen-bond acceptors (Lipinski definition) is 3. The van der Waals surface area contributed by atoms with Crippen LogP contribution in [0.15, 0.2) is 0 Å². The third kappa shape index (κ3) is 3.44. The molecule has 1 aromatic rings. The molecule has 1 aromatic heterocycles. The molecule has 0 unspecified atom stereocenters. The molecule has 0 spiro atoms. The molecule has 2 heterocycles. The average Bonchev–Trinajstić information content (AvgIpc) is 3.12. The summed E-state index contributed by atoms with van der Waals surface area (Å²) in [6.07, 6.45) is 5.22. The van der Waals surface area contributed by atoms with Crippen LogP contribution in [0, 0.1) is 5.92 Å². The van der Waals surface area contributed by atoms with E-state index in [1.54, 1.807) is 0 Å². The predicted molar refractivity (Wildman–Crippen MR) is 86.7 cm³/mol. The molecular weight excluding hydrogens is 282 g/mol. The van der Waals surface area contributed by atoms with E-state index in [9.17, 15) is 4.79 Å². The van der Waals surface area contributed by atoms with Crippen LogP contribution in [0.3, 0.4) is 0 Å². The quantitative estimate of drug-likeness (QED) is 0.899. The van der Waals surface area contributed by atoms with Crippen LogP contribution in [0.25, 0.3) is 0 Å². The molecular formula is C16H25N3OS. The Morgan fingerprint density at radius 3 is 3.05 bits per heavy atom. The van der Waals surface area contributed by atoms with Gasteiger partial charge in [0.05, 0.1) is 5.69 Å². The molecule has 21 heavy (non-hydrogen) atoms. The van der Waals surface area contributed by atoms with E-state index in [1.807, 2.05) is 11.8 Å². The van der Waals surface area contributed by atoms with E-state index in [1.165, 1.54) is 30.0 Å². The number of rotatable bonds is 4. The summed E-state index contributed by atoms with van der Waals surface area (Å²) in [6.45, 7) is 5.13. The molecule has 1 saturated heterocycles. The number of thioether (sulfide) groups is 1. The van der Waals surface area contributed by atoms with Gasteiger partial charge in [-0.25, -0.2) is 4.98 Å². The normalized spacial score (nSPS) is 25.1. The molecule has 1 amide bonds. The number of imidazole rings is 1. The second-order valence-corrected chi connectivity index (χ2v) is 7.93. The number of aryl methyl sites for hydroxylation is 1. The second kappa shape index (κ2) is 6.42. The smallest absolute Gasteiger partial charge is 0.223 e. The van der Waals surface area contributed by atoms with Crippen molar-refractivity contribution in [2.75, 3.05) is 12.3 Å². The Hall–Kier alpha value is -0.970. The van der Waals surface area contributed by atoms with Gasteiger partial charge in [-0.15, -0.1) is 0 Å². The van der Waals surface area contributed by atoms with Crippen LogP contribution < -0.4 is 5.32 Å². The Morgan fingerprint density at radius 1 is 1.48 bits per heavy atom. The molecule has 0 bridgehead atoms. The van der Waals surface area contributed by atoms with Gasteiger partial charge in [0.15, 0.2) is 0 Å². The van der Waals surface area contributed by atoms with E-state index >= 15 is 0 Å². The van der Waals surface area contributed by atoms with Crippen molar-refractivity contribution < 1.29 is 4.79 Å². The molecule has 3 rings (SSSR count).